The largest absolute Gasteiger partial charge is 0.480 e. The molecular weight excluding hydrogens is 482 g/mol. The average molecular weight is 505 g/mol. The van der Waals surface area contributed by atoms with Gasteiger partial charge in [0.05, 0.1) is 18.4 Å². The number of aromatic nitrogens is 2. The van der Waals surface area contributed by atoms with Crippen molar-refractivity contribution in [3.8, 4) is 11.5 Å². The normalized spacial score (nSPS) is 22.8. The van der Waals surface area contributed by atoms with Crippen LogP contribution in [-0.4, -0.2) is 54.9 Å². The van der Waals surface area contributed by atoms with Gasteiger partial charge in [-0.15, -0.1) is 0 Å². The molecule has 2 saturated heterocycles. The number of aliphatic carboxylic acids is 1. The molecule has 2 aromatic carbocycles. The lowest BCUT2D eigenvalue weighted by atomic mass is 9.86. The molecule has 4 atom stereocenters. The molecule has 12 nitrogen and oxygen atoms in total. The molecule has 0 aliphatic carbocycles. The third-order valence-electron chi connectivity index (χ3n) is 6.82. The molecule has 2 amide bonds. The molecule has 4 unspecified atom stereocenters. The maximum absolute atomic E-state index is 13.4. The number of hydrogen-bond donors (Lipinski definition) is 2. The Balaban J connectivity index is 1.37. The summed E-state index contributed by atoms with van der Waals surface area (Å²) in [6.45, 7) is 1.42. The average Bonchev–Trinajstić information content (AvgIpc) is 3.52. The van der Waals surface area contributed by atoms with Crippen LogP contribution in [-0.2, 0) is 20.9 Å². The molecule has 2 N–H and O–H groups in total. The number of fused-ring (bicyclic) bond motifs is 1. The van der Waals surface area contributed by atoms with Crippen molar-refractivity contribution in [1.82, 2.24) is 19.8 Å². The van der Waals surface area contributed by atoms with E-state index in [2.05, 4.69) is 10.3 Å². The van der Waals surface area contributed by atoms with E-state index >= 15 is 0 Å². The summed E-state index contributed by atoms with van der Waals surface area (Å²) >= 11 is 0. The van der Waals surface area contributed by atoms with Gasteiger partial charge in [-0.05, 0) is 34.8 Å². The van der Waals surface area contributed by atoms with Crippen molar-refractivity contribution < 1.29 is 29.2 Å². The monoisotopic (exact) mass is 505 g/mol. The molecule has 2 fully saturated rings. The molecule has 3 heterocycles. The van der Waals surface area contributed by atoms with Crippen molar-refractivity contribution in [2.45, 2.75) is 25.6 Å². The van der Waals surface area contributed by atoms with Gasteiger partial charge in [0.15, 0.2) is 5.82 Å². The topological polar surface area (TPSA) is 157 Å². The van der Waals surface area contributed by atoms with Gasteiger partial charge in [-0.1, -0.05) is 30.3 Å². The van der Waals surface area contributed by atoms with Crippen molar-refractivity contribution in [2.75, 3.05) is 6.54 Å². The quantitative estimate of drug-likeness (QED) is 0.266. The van der Waals surface area contributed by atoms with Gasteiger partial charge in [0.2, 0.25) is 11.8 Å². The molecule has 2 aliphatic heterocycles. The second kappa shape index (κ2) is 9.47. The molecular formula is C25H23N5O7. The number of carboxylic acid groups (broad SMARTS) is 1. The summed E-state index contributed by atoms with van der Waals surface area (Å²) in [4.78, 5) is 54.3. The number of aryl methyl sites for hydroxylation is 1. The Kier molecular flexibility index (Phi) is 6.17. The van der Waals surface area contributed by atoms with Gasteiger partial charge in [0, 0.05) is 13.0 Å². The first-order valence-corrected chi connectivity index (χ1v) is 11.6. The smallest absolute Gasteiger partial charge is 0.342 e. The van der Waals surface area contributed by atoms with E-state index in [-0.39, 0.29) is 18.9 Å². The van der Waals surface area contributed by atoms with Crippen LogP contribution in [0.2, 0.25) is 0 Å². The van der Waals surface area contributed by atoms with Gasteiger partial charge in [-0.2, -0.15) is 0 Å². The Labute approximate surface area is 210 Å². The predicted octanol–water partition coefficient (Wildman–Crippen LogP) is 2.29. The number of carbonyl (C=O) groups is 3. The van der Waals surface area contributed by atoms with Gasteiger partial charge in [-0.25, -0.2) is 9.55 Å². The zero-order valence-corrected chi connectivity index (χ0v) is 19.7. The van der Waals surface area contributed by atoms with Crippen molar-refractivity contribution in [3.63, 3.8) is 0 Å². The highest BCUT2D eigenvalue weighted by atomic mass is 16.6. The van der Waals surface area contributed by atoms with Crippen LogP contribution >= 0.6 is 0 Å². The first-order valence-electron chi connectivity index (χ1n) is 11.6. The Hall–Kier alpha value is -4.58. The molecule has 190 valence electrons. The summed E-state index contributed by atoms with van der Waals surface area (Å²) in [6.07, 6.45) is 1.11. The minimum absolute atomic E-state index is 0.0274. The Bertz CT molecular complexity index is 1370. The third kappa shape index (κ3) is 4.31. The van der Waals surface area contributed by atoms with E-state index in [0.29, 0.717) is 22.9 Å². The zero-order chi connectivity index (χ0) is 26.3. The lowest BCUT2D eigenvalue weighted by Gasteiger charge is -2.21. The molecule has 2 aliphatic rings. The van der Waals surface area contributed by atoms with Crippen LogP contribution in [0.1, 0.15) is 17.4 Å². The van der Waals surface area contributed by atoms with Crippen LogP contribution in [0.25, 0.3) is 0 Å². The fourth-order valence-corrected chi connectivity index (χ4v) is 5.07. The summed E-state index contributed by atoms with van der Waals surface area (Å²) in [5, 5.41) is 24.0. The molecule has 3 aromatic rings. The standard InChI is InChI=1S/C25H23N5O7/c1-14-26-13-18(30(35)36)28(14)11-12-29-23(31)19-20(24(29)32)22(25(33)34)27-21(19)15-7-9-17(10-8-15)37-16-5-3-2-4-6-16/h2-10,13,19-22,27H,11-12H2,1H3,(H,33,34). The number of hydrogen-bond acceptors (Lipinski definition) is 8. The minimum atomic E-state index is -1.25. The summed E-state index contributed by atoms with van der Waals surface area (Å²) in [6, 6.07) is 14.1. The first-order chi connectivity index (χ1) is 17.8. The summed E-state index contributed by atoms with van der Waals surface area (Å²) in [5.41, 5.74) is 0.642. The Morgan fingerprint density at radius 1 is 1.05 bits per heavy atom. The number of carboxylic acids is 1. The van der Waals surface area contributed by atoms with Gasteiger partial charge in [0.1, 0.15) is 30.3 Å². The van der Waals surface area contributed by atoms with E-state index in [9.17, 15) is 29.6 Å². The molecule has 0 bridgehead atoms. The number of benzene rings is 2. The third-order valence-corrected chi connectivity index (χ3v) is 6.82. The van der Waals surface area contributed by atoms with Crippen LogP contribution in [0.4, 0.5) is 5.82 Å². The Morgan fingerprint density at radius 2 is 1.70 bits per heavy atom. The molecule has 0 saturated carbocycles. The lowest BCUT2D eigenvalue weighted by molar-refractivity contribution is -0.392. The van der Waals surface area contributed by atoms with E-state index in [1.807, 2.05) is 30.3 Å². The van der Waals surface area contributed by atoms with Gasteiger partial charge in [-0.3, -0.25) is 24.6 Å². The number of nitrogens with zero attached hydrogens (tertiary/aromatic N) is 4. The van der Waals surface area contributed by atoms with E-state index in [0.717, 1.165) is 11.1 Å². The lowest BCUT2D eigenvalue weighted by Crippen LogP contribution is -2.43. The van der Waals surface area contributed by atoms with Crippen LogP contribution in [0, 0.1) is 28.9 Å². The molecule has 37 heavy (non-hydrogen) atoms. The number of nitro groups is 1. The number of amides is 2. The van der Waals surface area contributed by atoms with E-state index in [4.69, 9.17) is 4.74 Å². The highest BCUT2D eigenvalue weighted by Gasteiger charge is 2.60. The SMILES string of the molecule is Cc1ncc([N+](=O)[O-])n1CCN1C(=O)C2C(C(=O)O)NC(c3ccc(Oc4ccccc4)cc3)C2C1=O. The second-order valence-electron chi connectivity index (χ2n) is 8.90. The summed E-state index contributed by atoms with van der Waals surface area (Å²) in [5.74, 6) is -3.03. The maximum Gasteiger partial charge on any atom is 0.342 e. The number of imidazole rings is 1. The van der Waals surface area contributed by atoms with Gasteiger partial charge < -0.3 is 20.0 Å². The molecule has 1 aromatic heterocycles. The summed E-state index contributed by atoms with van der Waals surface area (Å²) in [7, 11) is 0. The fourth-order valence-electron chi connectivity index (χ4n) is 5.07. The second-order valence-corrected chi connectivity index (χ2v) is 8.90. The minimum Gasteiger partial charge on any atom is -0.480 e. The number of ether oxygens (including phenoxy) is 1. The van der Waals surface area contributed by atoms with Crippen molar-refractivity contribution in [3.05, 3.63) is 82.3 Å². The molecule has 0 radical (unpaired) electrons. The van der Waals surface area contributed by atoms with Gasteiger partial charge in [0.25, 0.3) is 0 Å². The zero-order valence-electron chi connectivity index (χ0n) is 19.7. The maximum atomic E-state index is 13.4. The van der Waals surface area contributed by atoms with Crippen molar-refractivity contribution in [1.29, 1.82) is 0 Å². The number of imide groups is 1. The molecule has 12 heteroatoms. The van der Waals surface area contributed by atoms with E-state index < -0.39 is 46.6 Å². The number of rotatable bonds is 8. The van der Waals surface area contributed by atoms with Crippen LogP contribution in [0.5, 0.6) is 11.5 Å². The number of nitrogens with one attached hydrogen (secondary N) is 1. The van der Waals surface area contributed by atoms with Crippen LogP contribution in [0.15, 0.2) is 60.8 Å². The fraction of sp³-hybridized carbons (Fsp3) is 0.280. The highest BCUT2D eigenvalue weighted by Crippen LogP contribution is 2.44. The van der Waals surface area contributed by atoms with E-state index in [1.54, 1.807) is 31.2 Å². The highest BCUT2D eigenvalue weighted by molar-refractivity contribution is 6.08. The number of likely N-dealkylation sites (tertiary alicyclic amines) is 1. The van der Waals surface area contributed by atoms with Crippen LogP contribution < -0.4 is 10.1 Å². The van der Waals surface area contributed by atoms with Crippen molar-refractivity contribution >= 4 is 23.6 Å². The summed E-state index contributed by atoms with van der Waals surface area (Å²) < 4.78 is 7.11. The van der Waals surface area contributed by atoms with Gasteiger partial charge >= 0.3 is 11.8 Å². The van der Waals surface area contributed by atoms with Crippen LogP contribution in [0.3, 0.4) is 0 Å². The number of para-hydroxylation sites is 1. The molecule has 0 spiro atoms. The van der Waals surface area contributed by atoms with Crippen molar-refractivity contribution in [2.24, 2.45) is 11.8 Å². The number of carbonyl (C=O) groups excluding carboxylic acids is 2. The Morgan fingerprint density at radius 3 is 2.35 bits per heavy atom. The molecule has 5 rings (SSSR count). The first kappa shape index (κ1) is 24.1. The predicted molar refractivity (Wildman–Crippen MR) is 128 cm³/mol. The van der Waals surface area contributed by atoms with E-state index in [1.165, 1.54) is 4.57 Å².